The molecule has 7 aliphatic heterocycles. The molecule has 0 aliphatic carbocycles. The molecule has 0 unspecified atom stereocenters. The van der Waals surface area contributed by atoms with Crippen molar-refractivity contribution in [3.8, 4) is 125 Å². The zero-order chi connectivity index (χ0) is 65.1. The summed E-state index contributed by atoms with van der Waals surface area (Å²) in [5.74, 6) is 5.10. The molecule has 21 rings (SSSR count). The van der Waals surface area contributed by atoms with Crippen LogP contribution in [-0.2, 0) is 18.1 Å². The van der Waals surface area contributed by atoms with E-state index in [1.54, 1.807) is 0 Å². The number of hydrogen-bond donors (Lipinski definition) is 0. The Morgan fingerprint density at radius 3 is 1.04 bits per heavy atom. The van der Waals surface area contributed by atoms with E-state index >= 15 is 0 Å². The van der Waals surface area contributed by atoms with Crippen molar-refractivity contribution in [3.05, 3.63) is 313 Å². The molecule has 13 heterocycles. The minimum absolute atomic E-state index is 0.829. The maximum Gasteiger partial charge on any atom is 0.716 e. The number of rotatable bonds is 1. The summed E-state index contributed by atoms with van der Waals surface area (Å²) < 4.78 is 54.0. The third-order valence-electron chi connectivity index (χ3n) is 20.0. The highest BCUT2D eigenvalue weighted by atomic mass is 16.8. The Morgan fingerprint density at radius 2 is 0.577 bits per heavy atom. The summed E-state index contributed by atoms with van der Waals surface area (Å²) in [6.45, 7) is 12.6. The van der Waals surface area contributed by atoms with E-state index in [1.165, 1.54) is 16.3 Å². The lowest BCUT2D eigenvalue weighted by atomic mass is 9.96. The highest BCUT2D eigenvalue weighted by Crippen LogP contribution is 2.50. The molecule has 0 N–H and O–H groups in total. The van der Waals surface area contributed by atoms with Crippen molar-refractivity contribution in [1.29, 1.82) is 0 Å². The van der Waals surface area contributed by atoms with Crippen LogP contribution in [0.15, 0.2) is 280 Å². The van der Waals surface area contributed by atoms with E-state index in [2.05, 4.69) is 293 Å². The predicted octanol–water partition coefficient (Wildman–Crippen LogP) is 15.1. The minimum atomic E-state index is -1.22. The van der Waals surface area contributed by atoms with E-state index in [9.17, 15) is 0 Å². The minimum Gasteiger partial charge on any atom is -0.339 e. The van der Waals surface area contributed by atoms with Gasteiger partial charge in [0.05, 0.1) is 33.4 Å². The van der Waals surface area contributed by atoms with Crippen LogP contribution in [0.4, 0.5) is 0 Å². The lowest BCUT2D eigenvalue weighted by Gasteiger charge is -2.32. The summed E-state index contributed by atoms with van der Waals surface area (Å²) >= 11 is 0. The largest absolute Gasteiger partial charge is 0.716 e. The van der Waals surface area contributed by atoms with Crippen LogP contribution in [0.3, 0.4) is 0 Å². The number of pyridine rings is 6. The molecule has 12 nitrogen and oxygen atoms in total. The highest BCUT2D eigenvalue weighted by Gasteiger charge is 2.74. The zero-order valence-corrected chi connectivity index (χ0v) is 54.2. The Bertz CT molecular complexity index is 5630. The molecule has 12 heteroatoms. The smallest absolute Gasteiger partial charge is 0.339 e. The first-order chi connectivity index (χ1) is 47.5. The summed E-state index contributed by atoms with van der Waals surface area (Å²) in [6, 6.07) is 84.7. The van der Waals surface area contributed by atoms with Crippen LogP contribution in [0.1, 0.15) is 33.4 Å². The average molecular weight is 1270 g/mol. The van der Waals surface area contributed by atoms with Crippen molar-refractivity contribution >= 4 is 10.8 Å². The van der Waals surface area contributed by atoms with E-state index in [0.29, 0.717) is 0 Å². The van der Waals surface area contributed by atoms with Gasteiger partial charge < -0.3 is 28.4 Å². The van der Waals surface area contributed by atoms with Crippen molar-refractivity contribution < 1.29 is 55.8 Å². The number of benzene rings is 8. The summed E-state index contributed by atoms with van der Waals surface area (Å²) in [5, 5.41) is 2.38. The standard InChI is InChI=1S/C31H24N2O2.C29H22N2O2.C25H18N2O2/c1-21-11-10-14-25-27-15-6-8-17-32(27)31(34-29(21)25)33-18-9-7-16-28(33)26-20-24(19-22(2)30(26)35-31)23-12-4-3-5-13-23;1-19-10-9-13-23-25-14-5-7-16-30(25)29(32-27(19)23)31-17-8-6-15-26(31)24-18-21-11-3-4-12-22(21)20(2)28(24)33-29;1-15-7-3-9-17-19-11-5-13-21-22-14-6-12-20-18-10-4-8-16(2)24(18)29-25(26(19)21,27(20)22)28-23(15)17/h3-20H,1-2H3;3-18H,1-2H3;3-14H,1-2H3/q3*+2/t31-;29-;/m00./s1. The second-order valence-electron chi connectivity index (χ2n) is 25.8. The molecule has 2 atom stereocenters. The lowest BCUT2D eigenvalue weighted by molar-refractivity contribution is -1.06. The number of hydrogen-bond acceptors (Lipinski definition) is 6. The maximum atomic E-state index is 6.97. The van der Waals surface area contributed by atoms with Crippen LogP contribution in [0.2, 0.25) is 0 Å². The van der Waals surface area contributed by atoms with Crippen LogP contribution in [-0.4, -0.2) is 0 Å². The monoisotopic (exact) mass is 1260 g/mol. The molecule has 0 amide bonds. The fourth-order valence-electron chi connectivity index (χ4n) is 15.5. The molecule has 97 heavy (non-hydrogen) atoms. The van der Waals surface area contributed by atoms with Gasteiger partial charge in [0.1, 0.15) is 0 Å². The SMILES string of the molecule is Cc1cccc2c1OC13Oc4c(C)cccc4-c4cccc([n+]41)-c1cccc-2[n+]13.Cc1cccc2c1O[C@]1(Oc3c(C)cc(-c4ccccc4)cc3-c3cccc[n+]31)[n+]1ccccc1-2.Cc1cccc2c1O[C@]1(Oc3c(cc4ccccc4c3C)-c3cccc[n+]31)[n+]1ccccc1-2. The molecule has 8 aromatic carbocycles. The van der Waals surface area contributed by atoms with Crippen molar-refractivity contribution in [2.75, 3.05) is 0 Å². The molecule has 0 bridgehead atoms. The van der Waals surface area contributed by atoms with Gasteiger partial charge in [-0.15, -0.1) is 0 Å². The quantitative estimate of drug-likeness (QED) is 0.152. The lowest BCUT2D eigenvalue weighted by Crippen LogP contribution is -2.82. The number of fused-ring (bicyclic) bond motifs is 22. The van der Waals surface area contributed by atoms with Gasteiger partial charge in [-0.1, -0.05) is 121 Å². The molecule has 0 fully saturated rings. The van der Waals surface area contributed by atoms with E-state index in [-0.39, 0.29) is 0 Å². The van der Waals surface area contributed by atoms with E-state index in [4.69, 9.17) is 28.4 Å². The van der Waals surface area contributed by atoms with Crippen molar-refractivity contribution in [2.24, 2.45) is 0 Å². The van der Waals surface area contributed by atoms with Crippen LogP contribution >= 0.6 is 0 Å². The topological polar surface area (TPSA) is 78.7 Å². The van der Waals surface area contributed by atoms with Crippen molar-refractivity contribution in [3.63, 3.8) is 0 Å². The Hall–Kier alpha value is -12.3. The molecule has 14 aromatic rings. The third-order valence-corrected chi connectivity index (χ3v) is 20.0. The van der Waals surface area contributed by atoms with Gasteiger partial charge in [-0.2, -0.15) is 0 Å². The van der Waals surface area contributed by atoms with Gasteiger partial charge in [-0.05, 0) is 179 Å². The average Bonchev–Trinajstić information content (AvgIpc) is 1.58. The fourth-order valence-corrected chi connectivity index (χ4v) is 15.5. The van der Waals surface area contributed by atoms with E-state index in [0.717, 1.165) is 152 Å². The summed E-state index contributed by atoms with van der Waals surface area (Å²) in [6.07, 6.45) is 8.14. The first-order valence-electron chi connectivity index (χ1n) is 33.0. The normalized spacial score (nSPS) is 16.6. The van der Waals surface area contributed by atoms with Gasteiger partial charge in [-0.25, -0.2) is 0 Å². The second kappa shape index (κ2) is 20.9. The molecule has 7 aliphatic rings. The molecule has 0 saturated heterocycles. The highest BCUT2D eigenvalue weighted by molar-refractivity contribution is 5.93. The van der Waals surface area contributed by atoms with E-state index < -0.39 is 18.1 Å². The molecular weight excluding hydrogens is 1200 g/mol. The molecule has 0 saturated carbocycles. The number of aryl methyl sites for hydroxylation is 6. The molecule has 0 radical (unpaired) electrons. The number of ether oxygens (including phenoxy) is 6. The van der Waals surface area contributed by atoms with Crippen molar-refractivity contribution in [1.82, 2.24) is 0 Å². The Morgan fingerprint density at radius 1 is 0.237 bits per heavy atom. The van der Waals surface area contributed by atoms with Crippen LogP contribution in [0.25, 0.3) is 101 Å². The molecular formula is C85H64N6O6+6. The Labute approximate surface area is 560 Å². The summed E-state index contributed by atoms with van der Waals surface area (Å²) in [4.78, 5) is 0. The Kier molecular flexibility index (Phi) is 12.1. The van der Waals surface area contributed by atoms with Gasteiger partial charge in [0, 0.05) is 78.4 Å². The van der Waals surface area contributed by atoms with Crippen molar-refractivity contribution in [2.45, 2.75) is 59.6 Å². The summed E-state index contributed by atoms with van der Waals surface area (Å²) in [7, 11) is 0. The van der Waals surface area contributed by atoms with Gasteiger partial charge in [0.15, 0.2) is 59.3 Å². The summed E-state index contributed by atoms with van der Waals surface area (Å²) in [5.41, 5.74) is 23.8. The first kappa shape index (κ1) is 56.3. The number of aromatic nitrogens is 6. The van der Waals surface area contributed by atoms with E-state index in [1.807, 2.05) is 55.1 Å². The molecule has 3 spiro atoms. The van der Waals surface area contributed by atoms with Crippen LogP contribution < -0.4 is 55.8 Å². The van der Waals surface area contributed by atoms with Crippen LogP contribution in [0, 0.1) is 41.5 Å². The van der Waals surface area contributed by atoms with Gasteiger partial charge >= 0.3 is 18.1 Å². The zero-order valence-electron chi connectivity index (χ0n) is 54.2. The Balaban J connectivity index is 0.000000103. The number of nitrogens with zero attached hydrogens (tertiary/aromatic N) is 6. The molecule has 6 aromatic heterocycles. The van der Waals surface area contributed by atoms with Gasteiger partial charge in [-0.3, -0.25) is 0 Å². The van der Waals surface area contributed by atoms with Crippen LogP contribution in [0.5, 0.6) is 34.5 Å². The number of para-hydroxylation sites is 4. The predicted molar refractivity (Wildman–Crippen MR) is 367 cm³/mol. The first-order valence-corrected chi connectivity index (χ1v) is 33.0. The molecule has 464 valence electrons. The third kappa shape index (κ3) is 7.98. The maximum absolute atomic E-state index is 6.97. The van der Waals surface area contributed by atoms with Gasteiger partial charge in [0.25, 0.3) is 11.4 Å². The fraction of sp³-hybridized carbons (Fsp3) is 0.106. The second-order valence-corrected chi connectivity index (χ2v) is 25.8. The van der Waals surface area contributed by atoms with Gasteiger partial charge in [0.2, 0.25) is 34.2 Å².